The van der Waals surface area contributed by atoms with E-state index in [1.807, 2.05) is 0 Å². The molecular formula is C40H35NOP2. The Labute approximate surface area is 263 Å². The summed E-state index contributed by atoms with van der Waals surface area (Å²) in [6.45, 7) is 1.01. The van der Waals surface area contributed by atoms with Gasteiger partial charge in [0.2, 0.25) is 0 Å². The largest absolute Gasteiger partial charge is 0.332 e. The number of nitrogens with zero attached hydrogens (tertiary/aromatic N) is 1. The van der Waals surface area contributed by atoms with Crippen molar-refractivity contribution in [1.82, 2.24) is 4.67 Å². The molecular weight excluding hydrogens is 572 g/mol. The van der Waals surface area contributed by atoms with Crippen molar-refractivity contribution in [3.8, 4) is 0 Å². The van der Waals surface area contributed by atoms with Crippen LogP contribution in [0, 0.1) is 0 Å². The smallest absolute Gasteiger partial charge is 0.139 e. The van der Waals surface area contributed by atoms with Crippen LogP contribution in [0.2, 0.25) is 0 Å². The topological polar surface area (TPSA) is 12.5 Å². The van der Waals surface area contributed by atoms with E-state index < -0.39 is 21.8 Å². The van der Waals surface area contributed by atoms with E-state index in [9.17, 15) is 0 Å². The van der Waals surface area contributed by atoms with Gasteiger partial charge in [0.15, 0.2) is 0 Å². The van der Waals surface area contributed by atoms with Gasteiger partial charge in [-0.2, -0.15) is 0 Å². The maximum Gasteiger partial charge on any atom is 0.139 e. The van der Waals surface area contributed by atoms with Crippen molar-refractivity contribution in [2.24, 2.45) is 0 Å². The van der Waals surface area contributed by atoms with Gasteiger partial charge in [-0.25, -0.2) is 0 Å². The SMILES string of the molecule is c1ccc(P(OC(c2ccccc2)(c2ccccc2)[C@@H]2CCN2P(c2ccccc2)c2ccccc2)c2ccccc2)cc1. The van der Waals surface area contributed by atoms with Crippen LogP contribution >= 0.6 is 16.2 Å². The lowest BCUT2D eigenvalue weighted by Gasteiger charge is -2.56. The zero-order chi connectivity index (χ0) is 29.6. The van der Waals surface area contributed by atoms with E-state index in [0.29, 0.717) is 0 Å². The maximum atomic E-state index is 7.87. The summed E-state index contributed by atoms with van der Waals surface area (Å²) in [6.07, 6.45) is 1.04. The number of hydrogen-bond donors (Lipinski definition) is 0. The summed E-state index contributed by atoms with van der Waals surface area (Å²) in [5.41, 5.74) is 1.68. The molecule has 1 fully saturated rings. The molecule has 0 saturated carbocycles. The van der Waals surface area contributed by atoms with E-state index >= 15 is 0 Å². The Bertz CT molecular complexity index is 1620. The zero-order valence-corrected chi connectivity index (χ0v) is 26.4. The molecule has 7 rings (SSSR count). The summed E-state index contributed by atoms with van der Waals surface area (Å²) in [4.78, 5) is 0. The van der Waals surface area contributed by atoms with Crippen LogP contribution in [-0.4, -0.2) is 17.3 Å². The van der Waals surface area contributed by atoms with Gasteiger partial charge < -0.3 is 4.52 Å². The fourth-order valence-electron chi connectivity index (χ4n) is 6.22. The summed E-state index contributed by atoms with van der Waals surface area (Å²) in [7, 11) is -1.94. The van der Waals surface area contributed by atoms with Gasteiger partial charge >= 0.3 is 0 Å². The average Bonchev–Trinajstić information content (AvgIpc) is 3.10. The molecule has 2 nitrogen and oxygen atoms in total. The average molecular weight is 608 g/mol. The second kappa shape index (κ2) is 13.4. The van der Waals surface area contributed by atoms with Gasteiger partial charge in [-0.15, -0.1) is 0 Å². The lowest BCUT2D eigenvalue weighted by molar-refractivity contribution is 0.000896. The van der Waals surface area contributed by atoms with Crippen LogP contribution in [0.15, 0.2) is 182 Å². The Balaban J connectivity index is 1.44. The lowest BCUT2D eigenvalue weighted by atomic mass is 9.76. The van der Waals surface area contributed by atoms with Crippen molar-refractivity contribution in [2.75, 3.05) is 6.54 Å². The minimum atomic E-state index is -1.16. The monoisotopic (exact) mass is 607 g/mol. The van der Waals surface area contributed by atoms with E-state index in [1.165, 1.54) is 32.3 Å². The van der Waals surface area contributed by atoms with Crippen LogP contribution in [0.3, 0.4) is 0 Å². The molecule has 1 heterocycles. The van der Waals surface area contributed by atoms with Gasteiger partial charge in [0, 0.05) is 25.2 Å². The zero-order valence-electron chi connectivity index (χ0n) is 24.6. The molecule has 0 N–H and O–H groups in total. The summed E-state index contributed by atoms with van der Waals surface area (Å²) in [5.74, 6) is 0. The second-order valence-corrected chi connectivity index (χ2v) is 14.9. The molecule has 4 heteroatoms. The highest BCUT2D eigenvalue weighted by molar-refractivity contribution is 7.71. The first-order valence-corrected chi connectivity index (χ1v) is 17.8. The third-order valence-corrected chi connectivity index (χ3v) is 12.9. The molecule has 0 amide bonds. The van der Waals surface area contributed by atoms with Crippen molar-refractivity contribution in [1.29, 1.82) is 0 Å². The van der Waals surface area contributed by atoms with Crippen molar-refractivity contribution in [2.45, 2.75) is 18.1 Å². The molecule has 1 saturated heterocycles. The molecule has 1 aliphatic heterocycles. The molecule has 0 unspecified atom stereocenters. The first kappa shape index (κ1) is 28.8. The van der Waals surface area contributed by atoms with Crippen LogP contribution in [0.25, 0.3) is 0 Å². The Morgan fingerprint density at radius 1 is 0.455 bits per heavy atom. The molecule has 0 radical (unpaired) electrons. The molecule has 6 aromatic rings. The molecule has 6 aromatic carbocycles. The molecule has 44 heavy (non-hydrogen) atoms. The van der Waals surface area contributed by atoms with E-state index in [4.69, 9.17) is 4.52 Å². The minimum absolute atomic E-state index is 0.122. The first-order chi connectivity index (χ1) is 21.8. The minimum Gasteiger partial charge on any atom is -0.332 e. The van der Waals surface area contributed by atoms with Gasteiger partial charge in [0.1, 0.15) is 5.60 Å². The highest BCUT2D eigenvalue weighted by atomic mass is 31.1. The predicted molar refractivity (Wildman–Crippen MR) is 188 cm³/mol. The van der Waals surface area contributed by atoms with Crippen LogP contribution in [0.1, 0.15) is 17.5 Å². The second-order valence-electron chi connectivity index (χ2n) is 11.0. The fourth-order valence-corrected chi connectivity index (χ4v) is 10.9. The van der Waals surface area contributed by atoms with Crippen LogP contribution in [-0.2, 0) is 10.1 Å². The summed E-state index contributed by atoms with van der Waals surface area (Å²) in [6, 6.07) is 65.7. The Hall–Kier alpha value is -3.90. The van der Waals surface area contributed by atoms with Gasteiger partial charge in [-0.1, -0.05) is 182 Å². The van der Waals surface area contributed by atoms with Gasteiger partial charge in [0.25, 0.3) is 0 Å². The molecule has 0 aromatic heterocycles. The molecule has 1 aliphatic rings. The summed E-state index contributed by atoms with van der Waals surface area (Å²) < 4.78 is 10.6. The van der Waals surface area contributed by atoms with Crippen molar-refractivity contribution in [3.63, 3.8) is 0 Å². The molecule has 216 valence electrons. The first-order valence-electron chi connectivity index (χ1n) is 15.2. The number of rotatable bonds is 10. The quantitative estimate of drug-likeness (QED) is 0.146. The highest BCUT2D eigenvalue weighted by Crippen LogP contribution is 2.57. The number of benzene rings is 6. The van der Waals surface area contributed by atoms with E-state index in [1.54, 1.807) is 0 Å². The maximum absolute atomic E-state index is 7.87. The van der Waals surface area contributed by atoms with E-state index in [-0.39, 0.29) is 6.04 Å². The Morgan fingerprint density at radius 3 is 1.14 bits per heavy atom. The molecule has 0 aliphatic carbocycles. The Morgan fingerprint density at radius 2 is 0.795 bits per heavy atom. The van der Waals surface area contributed by atoms with Crippen molar-refractivity contribution in [3.05, 3.63) is 193 Å². The third-order valence-electron chi connectivity index (χ3n) is 8.34. The normalized spacial score (nSPS) is 15.3. The van der Waals surface area contributed by atoms with Crippen LogP contribution < -0.4 is 21.2 Å². The van der Waals surface area contributed by atoms with Gasteiger partial charge in [0.05, 0.1) is 14.2 Å². The standard InChI is InChI=1S/C40H35NOP2/c1-7-19-33(20-8-1)40(34-21-9-2-10-22-34,42-44(37-27-15-5-16-28-37)38-29-17-6-18-30-38)39-31-32-41(39)43(35-23-11-3-12-24-35)36-25-13-4-14-26-36/h1-30,39H,31-32H2/t39-/m0/s1. The van der Waals surface area contributed by atoms with Crippen molar-refractivity contribution >= 4 is 37.4 Å². The van der Waals surface area contributed by atoms with Crippen molar-refractivity contribution < 1.29 is 4.52 Å². The third kappa shape index (κ3) is 5.68. The number of hydrogen-bond acceptors (Lipinski definition) is 2. The van der Waals surface area contributed by atoms with Crippen LogP contribution in [0.5, 0.6) is 0 Å². The fraction of sp³-hybridized carbons (Fsp3) is 0.100. The summed E-state index contributed by atoms with van der Waals surface area (Å²) >= 11 is 0. The van der Waals surface area contributed by atoms with Gasteiger partial charge in [-0.3, -0.25) is 4.67 Å². The van der Waals surface area contributed by atoms with Crippen LogP contribution in [0.4, 0.5) is 0 Å². The lowest BCUT2D eigenvalue weighted by Crippen LogP contribution is -2.60. The molecule has 0 bridgehead atoms. The highest BCUT2D eigenvalue weighted by Gasteiger charge is 2.53. The predicted octanol–water partition coefficient (Wildman–Crippen LogP) is 8.12. The van der Waals surface area contributed by atoms with Gasteiger partial charge in [-0.05, 0) is 28.2 Å². The van der Waals surface area contributed by atoms with E-state index in [0.717, 1.165) is 13.0 Å². The van der Waals surface area contributed by atoms with E-state index in [2.05, 4.69) is 187 Å². The molecule has 0 spiro atoms. The molecule has 1 atom stereocenters. The summed E-state index contributed by atoms with van der Waals surface area (Å²) in [5, 5.41) is 5.15. The Kier molecular flexibility index (Phi) is 8.78.